The van der Waals surface area contributed by atoms with Gasteiger partial charge in [0.1, 0.15) is 5.76 Å². The van der Waals surface area contributed by atoms with E-state index in [2.05, 4.69) is 41.0 Å². The van der Waals surface area contributed by atoms with E-state index in [4.69, 9.17) is 10.3 Å². The zero-order valence-corrected chi connectivity index (χ0v) is 14.1. The first-order valence-electron chi connectivity index (χ1n) is 7.50. The molecule has 0 bridgehead atoms. The summed E-state index contributed by atoms with van der Waals surface area (Å²) >= 11 is 3.61. The minimum Gasteiger partial charge on any atom is -0.380 e. The first kappa shape index (κ1) is 14.6. The second kappa shape index (κ2) is 5.48. The lowest BCUT2D eigenvalue weighted by molar-refractivity contribution is 0.169. The second-order valence-electron chi connectivity index (χ2n) is 6.57. The molecule has 1 atom stereocenters. The van der Waals surface area contributed by atoms with Crippen molar-refractivity contribution in [2.24, 2.45) is 5.41 Å². The van der Waals surface area contributed by atoms with E-state index in [1.165, 1.54) is 19.3 Å². The summed E-state index contributed by atoms with van der Waals surface area (Å²) in [5.41, 5.74) is 8.36. The molecule has 1 aliphatic rings. The first-order valence-corrected chi connectivity index (χ1v) is 8.30. The van der Waals surface area contributed by atoms with E-state index in [1.807, 2.05) is 18.2 Å². The van der Waals surface area contributed by atoms with Crippen LogP contribution in [0, 0.1) is 5.41 Å². The molecule has 1 aromatic carbocycles. The highest BCUT2D eigenvalue weighted by Crippen LogP contribution is 2.50. The number of rotatable bonds is 2. The van der Waals surface area contributed by atoms with Crippen molar-refractivity contribution in [1.29, 1.82) is 0 Å². The topological polar surface area (TPSA) is 52.0 Å². The maximum absolute atomic E-state index is 6.11. The van der Waals surface area contributed by atoms with Gasteiger partial charge in [-0.25, -0.2) is 0 Å². The van der Waals surface area contributed by atoms with Gasteiger partial charge in [0.15, 0.2) is 5.82 Å². The molecule has 1 fully saturated rings. The largest absolute Gasteiger partial charge is 0.380 e. The molecule has 112 valence electrons. The fourth-order valence-corrected chi connectivity index (χ4v) is 3.95. The van der Waals surface area contributed by atoms with Crippen molar-refractivity contribution < 1.29 is 4.52 Å². The third-order valence-corrected chi connectivity index (χ3v) is 5.40. The quantitative estimate of drug-likeness (QED) is 0.793. The molecular formula is C17H21BrN2O. The Morgan fingerprint density at radius 2 is 2.05 bits per heavy atom. The van der Waals surface area contributed by atoms with Crippen LogP contribution in [0.4, 0.5) is 5.82 Å². The van der Waals surface area contributed by atoms with E-state index in [1.54, 1.807) is 0 Å². The fourth-order valence-electron chi connectivity index (χ4n) is 3.47. The summed E-state index contributed by atoms with van der Waals surface area (Å²) in [7, 11) is 0. The molecule has 0 aliphatic heterocycles. The van der Waals surface area contributed by atoms with Gasteiger partial charge >= 0.3 is 0 Å². The van der Waals surface area contributed by atoms with Crippen LogP contribution in [0.5, 0.6) is 0 Å². The van der Waals surface area contributed by atoms with Crippen LogP contribution in [0.15, 0.2) is 33.3 Å². The van der Waals surface area contributed by atoms with E-state index in [0.29, 0.717) is 11.7 Å². The van der Waals surface area contributed by atoms with Crippen molar-refractivity contribution in [2.75, 3.05) is 5.73 Å². The Balaban J connectivity index is 2.11. The average molecular weight is 349 g/mol. The molecule has 1 unspecified atom stereocenters. The summed E-state index contributed by atoms with van der Waals surface area (Å²) < 4.78 is 6.71. The SMILES string of the molecule is CC1(C)CCCCC1c1onc(N)c1-c1ccccc1Br. The Bertz CT molecular complexity index is 648. The Morgan fingerprint density at radius 3 is 2.76 bits per heavy atom. The number of aromatic nitrogens is 1. The molecule has 1 saturated carbocycles. The molecule has 4 heteroatoms. The number of nitrogen functional groups attached to an aromatic ring is 1. The molecule has 0 radical (unpaired) electrons. The van der Waals surface area contributed by atoms with Crippen LogP contribution < -0.4 is 5.73 Å². The van der Waals surface area contributed by atoms with Crippen molar-refractivity contribution in [2.45, 2.75) is 45.4 Å². The number of benzene rings is 1. The van der Waals surface area contributed by atoms with Crippen LogP contribution in [0.2, 0.25) is 0 Å². The van der Waals surface area contributed by atoms with Crippen molar-refractivity contribution in [3.63, 3.8) is 0 Å². The van der Waals surface area contributed by atoms with Gasteiger partial charge in [0.25, 0.3) is 0 Å². The lowest BCUT2D eigenvalue weighted by atomic mass is 9.67. The van der Waals surface area contributed by atoms with Crippen LogP contribution in [0.25, 0.3) is 11.1 Å². The van der Waals surface area contributed by atoms with Crippen molar-refractivity contribution >= 4 is 21.7 Å². The molecule has 1 aromatic heterocycles. The maximum atomic E-state index is 6.11. The van der Waals surface area contributed by atoms with Gasteiger partial charge in [-0.3, -0.25) is 0 Å². The van der Waals surface area contributed by atoms with Crippen LogP contribution in [0.1, 0.15) is 51.2 Å². The number of halogens is 1. The number of hydrogen-bond acceptors (Lipinski definition) is 3. The molecule has 2 N–H and O–H groups in total. The Kier molecular flexibility index (Phi) is 3.82. The number of nitrogens with two attached hydrogens (primary N) is 1. The van der Waals surface area contributed by atoms with Gasteiger partial charge in [-0.1, -0.05) is 66.0 Å². The molecule has 21 heavy (non-hydrogen) atoms. The van der Waals surface area contributed by atoms with Crippen molar-refractivity contribution in [1.82, 2.24) is 5.16 Å². The van der Waals surface area contributed by atoms with Crippen LogP contribution in [-0.2, 0) is 0 Å². The van der Waals surface area contributed by atoms with Gasteiger partial charge in [0.05, 0.1) is 5.56 Å². The van der Waals surface area contributed by atoms with Gasteiger partial charge in [-0.2, -0.15) is 0 Å². The first-order chi connectivity index (χ1) is 10.0. The average Bonchev–Trinajstić information content (AvgIpc) is 2.80. The zero-order chi connectivity index (χ0) is 15.0. The molecule has 3 rings (SSSR count). The van der Waals surface area contributed by atoms with E-state index in [9.17, 15) is 0 Å². The monoisotopic (exact) mass is 348 g/mol. The predicted octanol–water partition coefficient (Wildman–Crippen LogP) is 5.37. The lowest BCUT2D eigenvalue weighted by Gasteiger charge is -2.37. The van der Waals surface area contributed by atoms with E-state index in [-0.39, 0.29) is 5.41 Å². The molecule has 3 nitrogen and oxygen atoms in total. The fraction of sp³-hybridized carbons (Fsp3) is 0.471. The summed E-state index contributed by atoms with van der Waals surface area (Å²) in [4.78, 5) is 0. The second-order valence-corrected chi connectivity index (χ2v) is 7.43. The van der Waals surface area contributed by atoms with Gasteiger partial charge < -0.3 is 10.3 Å². The Labute approximate surface area is 134 Å². The predicted molar refractivity (Wildman–Crippen MR) is 89.0 cm³/mol. The van der Waals surface area contributed by atoms with Crippen LogP contribution in [-0.4, -0.2) is 5.16 Å². The normalized spacial score (nSPS) is 21.4. The van der Waals surface area contributed by atoms with Crippen molar-refractivity contribution in [3.05, 3.63) is 34.5 Å². The standard InChI is InChI=1S/C17H21BrN2O/c1-17(2)10-6-5-8-12(17)15-14(16(19)20-21-15)11-7-3-4-9-13(11)18/h3-4,7,9,12H,5-6,8,10H2,1-2H3,(H2,19,20). The minimum absolute atomic E-state index is 0.222. The number of anilines is 1. The molecule has 1 aliphatic carbocycles. The minimum atomic E-state index is 0.222. The zero-order valence-electron chi connectivity index (χ0n) is 12.5. The smallest absolute Gasteiger partial charge is 0.175 e. The summed E-state index contributed by atoms with van der Waals surface area (Å²) in [6.45, 7) is 4.64. The van der Waals surface area contributed by atoms with Gasteiger partial charge in [0, 0.05) is 16.0 Å². The van der Waals surface area contributed by atoms with E-state index >= 15 is 0 Å². The third-order valence-electron chi connectivity index (χ3n) is 4.71. The molecule has 0 amide bonds. The van der Waals surface area contributed by atoms with Crippen LogP contribution >= 0.6 is 15.9 Å². The molecule has 2 aromatic rings. The number of nitrogens with zero attached hydrogens (tertiary/aromatic N) is 1. The third kappa shape index (κ3) is 2.61. The highest BCUT2D eigenvalue weighted by Gasteiger charge is 2.38. The summed E-state index contributed by atoms with van der Waals surface area (Å²) in [5.74, 6) is 1.81. The molecular weight excluding hydrogens is 328 g/mol. The molecule has 1 heterocycles. The Morgan fingerprint density at radius 1 is 1.29 bits per heavy atom. The van der Waals surface area contributed by atoms with Crippen molar-refractivity contribution in [3.8, 4) is 11.1 Å². The van der Waals surface area contributed by atoms with E-state index < -0.39 is 0 Å². The Hall–Kier alpha value is -1.29. The van der Waals surface area contributed by atoms with Gasteiger partial charge in [-0.15, -0.1) is 0 Å². The highest BCUT2D eigenvalue weighted by atomic mass is 79.9. The molecule has 0 saturated heterocycles. The summed E-state index contributed by atoms with van der Waals surface area (Å²) in [6, 6.07) is 8.10. The van der Waals surface area contributed by atoms with E-state index in [0.717, 1.165) is 27.8 Å². The number of hydrogen-bond donors (Lipinski definition) is 1. The van der Waals surface area contributed by atoms with Crippen LogP contribution in [0.3, 0.4) is 0 Å². The van der Waals surface area contributed by atoms with Gasteiger partial charge in [-0.05, 0) is 24.3 Å². The summed E-state index contributed by atoms with van der Waals surface area (Å²) in [5, 5.41) is 4.06. The van der Waals surface area contributed by atoms with Gasteiger partial charge in [0.2, 0.25) is 0 Å². The lowest BCUT2D eigenvalue weighted by Crippen LogP contribution is -2.26. The maximum Gasteiger partial charge on any atom is 0.175 e. The highest BCUT2D eigenvalue weighted by molar-refractivity contribution is 9.10. The summed E-state index contributed by atoms with van der Waals surface area (Å²) in [6.07, 6.45) is 4.88. The molecule has 0 spiro atoms.